The van der Waals surface area contributed by atoms with Crippen LogP contribution in [0.5, 0.6) is 0 Å². The summed E-state index contributed by atoms with van der Waals surface area (Å²) in [5, 5.41) is 13.6. The van der Waals surface area contributed by atoms with Gasteiger partial charge in [-0.05, 0) is 25.5 Å². The monoisotopic (exact) mass is 138 g/mol. The van der Waals surface area contributed by atoms with E-state index < -0.39 is 5.60 Å². The van der Waals surface area contributed by atoms with Crippen molar-refractivity contribution in [2.75, 3.05) is 0 Å². The van der Waals surface area contributed by atoms with Crippen LogP contribution in [-0.4, -0.2) is 10.7 Å². The topological polar surface area (TPSA) is 34.3 Å². The van der Waals surface area contributed by atoms with Gasteiger partial charge in [0.2, 0.25) is 0 Å². The van der Waals surface area contributed by atoms with Crippen LogP contribution in [0.4, 0.5) is 0 Å². The van der Waals surface area contributed by atoms with Crippen molar-refractivity contribution in [1.29, 1.82) is 0 Å². The Hall–Kier alpha value is -0.760. The van der Waals surface area contributed by atoms with Crippen LogP contribution in [0.1, 0.15) is 20.3 Å². The molecule has 0 aromatic carbocycles. The molecule has 1 heterocycles. The first-order chi connectivity index (χ1) is 4.67. The van der Waals surface area contributed by atoms with E-state index in [0.29, 0.717) is 6.42 Å². The van der Waals surface area contributed by atoms with Crippen molar-refractivity contribution in [3.8, 4) is 0 Å². The second-order valence-corrected chi connectivity index (χ2v) is 2.65. The van der Waals surface area contributed by atoms with E-state index in [4.69, 9.17) is 0 Å². The van der Waals surface area contributed by atoms with E-state index in [1.807, 2.05) is 19.1 Å². The van der Waals surface area contributed by atoms with Gasteiger partial charge in [-0.25, -0.2) is 0 Å². The standard InChI is InChI=1S/C8H12NO/c1-3-8(2,10)7-5-4-6-9-7/h4-6,10H,3H2,1-2H3. The molecule has 1 unspecified atom stereocenters. The third kappa shape index (κ3) is 1.21. The summed E-state index contributed by atoms with van der Waals surface area (Å²) in [5.41, 5.74) is 0.0127. The lowest BCUT2D eigenvalue weighted by Gasteiger charge is -2.21. The van der Waals surface area contributed by atoms with E-state index in [9.17, 15) is 5.11 Å². The number of rotatable bonds is 2. The van der Waals surface area contributed by atoms with Crippen LogP contribution in [0.3, 0.4) is 0 Å². The molecule has 1 aliphatic rings. The zero-order valence-corrected chi connectivity index (χ0v) is 6.33. The fraction of sp³-hybridized carbons (Fsp3) is 0.500. The summed E-state index contributed by atoms with van der Waals surface area (Å²) in [6, 6.07) is 0. The molecule has 0 saturated heterocycles. The van der Waals surface area contributed by atoms with Gasteiger partial charge >= 0.3 is 0 Å². The first kappa shape index (κ1) is 7.35. The van der Waals surface area contributed by atoms with Crippen molar-refractivity contribution in [2.45, 2.75) is 25.9 Å². The average Bonchev–Trinajstić information content (AvgIpc) is 2.38. The Morgan fingerprint density at radius 3 is 2.80 bits per heavy atom. The lowest BCUT2D eigenvalue weighted by molar-refractivity contribution is 0.0892. The minimum absolute atomic E-state index is 0.698. The minimum atomic E-state index is -0.747. The lowest BCUT2D eigenvalue weighted by Crippen LogP contribution is -2.28. The number of nitrogens with zero attached hydrogens (tertiary/aromatic N) is 1. The van der Waals surface area contributed by atoms with Crippen LogP contribution >= 0.6 is 0 Å². The third-order valence-electron chi connectivity index (χ3n) is 1.79. The Balaban J connectivity index is 2.65. The molecule has 1 rings (SSSR count). The molecule has 2 heteroatoms. The predicted octanol–water partition coefficient (Wildman–Crippen LogP) is 1.16. The average molecular weight is 138 g/mol. The largest absolute Gasteiger partial charge is 0.384 e. The first-order valence-electron chi connectivity index (χ1n) is 3.47. The fourth-order valence-corrected chi connectivity index (χ4v) is 0.800. The highest BCUT2D eigenvalue weighted by Gasteiger charge is 2.24. The molecular formula is C8H12NO. The molecular weight excluding hydrogens is 126 g/mol. The molecule has 55 valence electrons. The number of hydrogen-bond donors (Lipinski definition) is 1. The summed E-state index contributed by atoms with van der Waals surface area (Å²) < 4.78 is 0. The quantitative estimate of drug-likeness (QED) is 0.610. The second-order valence-electron chi connectivity index (χ2n) is 2.65. The van der Waals surface area contributed by atoms with Crippen molar-refractivity contribution in [2.24, 2.45) is 0 Å². The van der Waals surface area contributed by atoms with Crippen LogP contribution in [0.25, 0.3) is 0 Å². The van der Waals surface area contributed by atoms with E-state index in [-0.39, 0.29) is 0 Å². The smallest absolute Gasteiger partial charge is 0.103 e. The van der Waals surface area contributed by atoms with Gasteiger partial charge in [0, 0.05) is 6.20 Å². The predicted molar refractivity (Wildman–Crippen MR) is 40.3 cm³/mol. The summed E-state index contributed by atoms with van der Waals surface area (Å²) >= 11 is 0. The van der Waals surface area contributed by atoms with E-state index in [1.165, 1.54) is 0 Å². The molecule has 0 aromatic heterocycles. The highest BCUT2D eigenvalue weighted by atomic mass is 16.3. The van der Waals surface area contributed by atoms with Crippen molar-refractivity contribution in [3.63, 3.8) is 0 Å². The van der Waals surface area contributed by atoms with Crippen LogP contribution < -0.4 is 5.32 Å². The van der Waals surface area contributed by atoms with Crippen LogP contribution in [0.2, 0.25) is 0 Å². The molecule has 0 aromatic rings. The Bertz CT molecular complexity index is 180. The van der Waals surface area contributed by atoms with E-state index in [2.05, 4.69) is 5.32 Å². The summed E-state index contributed by atoms with van der Waals surface area (Å²) in [7, 11) is 0. The number of hydrogen-bond acceptors (Lipinski definition) is 1. The molecule has 1 aliphatic heterocycles. The Labute approximate surface area is 61.3 Å². The molecule has 0 aliphatic carbocycles. The molecule has 1 radical (unpaired) electrons. The van der Waals surface area contributed by atoms with Gasteiger partial charge in [0.1, 0.15) is 5.60 Å². The molecule has 0 amide bonds. The van der Waals surface area contributed by atoms with Gasteiger partial charge in [0.05, 0.1) is 5.70 Å². The molecule has 2 nitrogen and oxygen atoms in total. The summed E-state index contributed by atoms with van der Waals surface area (Å²) in [6.07, 6.45) is 6.06. The summed E-state index contributed by atoms with van der Waals surface area (Å²) in [6.45, 7) is 3.71. The van der Waals surface area contributed by atoms with Gasteiger partial charge in [-0.2, -0.15) is 0 Å². The number of allylic oxidation sites excluding steroid dienone is 2. The van der Waals surface area contributed by atoms with E-state index >= 15 is 0 Å². The number of aliphatic hydroxyl groups is 1. The lowest BCUT2D eigenvalue weighted by atomic mass is 10.00. The van der Waals surface area contributed by atoms with Crippen molar-refractivity contribution in [3.05, 3.63) is 24.0 Å². The molecule has 0 bridgehead atoms. The second kappa shape index (κ2) is 2.46. The molecule has 10 heavy (non-hydrogen) atoms. The Morgan fingerprint density at radius 1 is 1.70 bits per heavy atom. The maximum absolute atomic E-state index is 9.62. The normalized spacial score (nSPS) is 21.7. The van der Waals surface area contributed by atoms with Gasteiger partial charge in [-0.15, -0.1) is 0 Å². The zero-order chi connectivity index (χ0) is 7.61. The Kier molecular flexibility index (Phi) is 1.81. The van der Waals surface area contributed by atoms with Crippen molar-refractivity contribution >= 4 is 0 Å². The van der Waals surface area contributed by atoms with Crippen LogP contribution in [0.15, 0.2) is 24.0 Å². The maximum atomic E-state index is 9.62. The van der Waals surface area contributed by atoms with Gasteiger partial charge in [-0.1, -0.05) is 6.92 Å². The molecule has 1 atom stereocenters. The highest BCUT2D eigenvalue weighted by molar-refractivity contribution is 5.26. The van der Waals surface area contributed by atoms with E-state index in [0.717, 1.165) is 5.70 Å². The highest BCUT2D eigenvalue weighted by Crippen LogP contribution is 2.20. The van der Waals surface area contributed by atoms with Crippen LogP contribution in [-0.2, 0) is 0 Å². The summed E-state index contributed by atoms with van der Waals surface area (Å²) in [4.78, 5) is 0. The molecule has 1 N–H and O–H groups in total. The van der Waals surface area contributed by atoms with E-state index in [1.54, 1.807) is 13.1 Å². The van der Waals surface area contributed by atoms with Crippen molar-refractivity contribution < 1.29 is 5.11 Å². The SMILES string of the molecule is CCC(C)(O)C1=CC=C[N]1. The molecule has 0 fully saturated rings. The molecule has 0 saturated carbocycles. The Morgan fingerprint density at radius 2 is 2.40 bits per heavy atom. The first-order valence-corrected chi connectivity index (χ1v) is 3.47. The van der Waals surface area contributed by atoms with Crippen molar-refractivity contribution in [1.82, 2.24) is 5.32 Å². The van der Waals surface area contributed by atoms with Gasteiger partial charge < -0.3 is 5.11 Å². The summed E-state index contributed by atoms with van der Waals surface area (Å²) in [5.74, 6) is 0. The van der Waals surface area contributed by atoms with Crippen LogP contribution in [0, 0.1) is 0 Å². The fourth-order valence-electron chi connectivity index (χ4n) is 0.800. The van der Waals surface area contributed by atoms with Gasteiger partial charge in [0.15, 0.2) is 0 Å². The third-order valence-corrected chi connectivity index (χ3v) is 1.79. The minimum Gasteiger partial charge on any atom is -0.384 e. The zero-order valence-electron chi connectivity index (χ0n) is 6.33. The van der Waals surface area contributed by atoms with Gasteiger partial charge in [0.25, 0.3) is 0 Å². The maximum Gasteiger partial charge on any atom is 0.103 e. The van der Waals surface area contributed by atoms with Gasteiger partial charge in [-0.3, -0.25) is 5.32 Å². The molecule has 0 spiro atoms.